The molecule has 5 aromatic rings. The molecular formula is C35H38N6. The zero-order chi connectivity index (χ0) is 28.4. The molecular weight excluding hydrogens is 504 g/mol. The summed E-state index contributed by atoms with van der Waals surface area (Å²) in [4.78, 5) is 14.5. The Kier molecular flexibility index (Phi) is 9.34. The molecule has 0 spiro atoms. The van der Waals surface area contributed by atoms with Gasteiger partial charge in [-0.15, -0.1) is 0 Å². The van der Waals surface area contributed by atoms with Crippen LogP contribution in [-0.2, 0) is 6.54 Å². The molecule has 0 saturated carbocycles. The first-order chi connectivity index (χ1) is 20.1. The molecule has 0 aliphatic carbocycles. The van der Waals surface area contributed by atoms with E-state index in [1.807, 2.05) is 61.7 Å². The summed E-state index contributed by atoms with van der Waals surface area (Å²) in [5.41, 5.74) is 15.0. The van der Waals surface area contributed by atoms with Gasteiger partial charge >= 0.3 is 0 Å². The standard InChI is InChI=1S/C35H38N6/c1-3-4-17-32(31-18-11-12-19-37-31)39-29-20-30(40-34(23-29)26-13-7-5-8-14-26)24-38-28-21-33(25(2)36)41-35(22-28)27-15-9-6-10-16-27/h5-16,18-23,25,32H,3-4,17,24,36H2,1-2H3,(H,38,41)(H,39,40). The van der Waals surface area contributed by atoms with Gasteiger partial charge < -0.3 is 16.4 Å². The van der Waals surface area contributed by atoms with Gasteiger partial charge in [-0.3, -0.25) is 15.0 Å². The van der Waals surface area contributed by atoms with E-state index in [0.717, 1.165) is 70.2 Å². The number of anilines is 2. The van der Waals surface area contributed by atoms with Gasteiger partial charge in [0.05, 0.1) is 41.1 Å². The third-order valence-corrected chi connectivity index (χ3v) is 7.03. The van der Waals surface area contributed by atoms with Gasteiger partial charge in [-0.05, 0) is 49.7 Å². The van der Waals surface area contributed by atoms with Crippen LogP contribution in [0.4, 0.5) is 11.4 Å². The largest absolute Gasteiger partial charge is 0.379 e. The molecule has 0 radical (unpaired) electrons. The summed E-state index contributed by atoms with van der Waals surface area (Å²) in [7, 11) is 0. The topological polar surface area (TPSA) is 88.8 Å². The number of unbranched alkanes of at least 4 members (excludes halogenated alkanes) is 1. The molecule has 0 bridgehead atoms. The van der Waals surface area contributed by atoms with Crippen molar-refractivity contribution < 1.29 is 0 Å². The molecule has 208 valence electrons. The van der Waals surface area contributed by atoms with E-state index in [2.05, 4.69) is 77.1 Å². The predicted molar refractivity (Wildman–Crippen MR) is 169 cm³/mol. The molecule has 4 N–H and O–H groups in total. The van der Waals surface area contributed by atoms with E-state index in [1.54, 1.807) is 0 Å². The second-order valence-corrected chi connectivity index (χ2v) is 10.4. The van der Waals surface area contributed by atoms with Gasteiger partial charge in [-0.25, -0.2) is 0 Å². The first-order valence-corrected chi connectivity index (χ1v) is 14.4. The van der Waals surface area contributed by atoms with Crippen molar-refractivity contribution in [3.8, 4) is 22.5 Å². The van der Waals surface area contributed by atoms with Crippen LogP contribution >= 0.6 is 0 Å². The maximum absolute atomic E-state index is 6.25. The number of rotatable bonds is 12. The van der Waals surface area contributed by atoms with E-state index in [-0.39, 0.29) is 12.1 Å². The molecule has 0 aliphatic heterocycles. The Balaban J connectivity index is 1.45. The molecule has 5 rings (SSSR count). The molecule has 0 aliphatic rings. The van der Waals surface area contributed by atoms with Crippen LogP contribution in [0.15, 0.2) is 109 Å². The zero-order valence-electron chi connectivity index (χ0n) is 23.8. The molecule has 2 unspecified atom stereocenters. The number of benzene rings is 2. The Labute approximate surface area is 243 Å². The Morgan fingerprint density at radius 3 is 2.02 bits per heavy atom. The number of aromatic nitrogens is 3. The summed E-state index contributed by atoms with van der Waals surface area (Å²) in [5, 5.41) is 7.37. The Bertz CT molecular complexity index is 1520. The van der Waals surface area contributed by atoms with Crippen molar-refractivity contribution in [2.45, 2.75) is 51.7 Å². The quantitative estimate of drug-likeness (QED) is 0.147. The molecule has 3 aromatic heterocycles. The van der Waals surface area contributed by atoms with Gasteiger partial charge in [-0.1, -0.05) is 86.5 Å². The maximum Gasteiger partial charge on any atom is 0.0726 e. The number of pyridine rings is 3. The van der Waals surface area contributed by atoms with Crippen molar-refractivity contribution in [3.63, 3.8) is 0 Å². The summed E-state index contributed by atoms with van der Waals surface area (Å²) in [6.45, 7) is 4.73. The summed E-state index contributed by atoms with van der Waals surface area (Å²) in [6, 6.07) is 34.9. The molecule has 2 aromatic carbocycles. The molecule has 0 saturated heterocycles. The van der Waals surface area contributed by atoms with Crippen molar-refractivity contribution in [1.82, 2.24) is 15.0 Å². The van der Waals surface area contributed by atoms with Crippen LogP contribution in [-0.4, -0.2) is 15.0 Å². The summed E-state index contributed by atoms with van der Waals surface area (Å²) in [6.07, 6.45) is 5.12. The minimum absolute atomic E-state index is 0.116. The SMILES string of the molecule is CCCCC(Nc1cc(CNc2cc(-c3ccccc3)nc(C(C)N)c2)nc(-c2ccccc2)c1)c1ccccn1. The van der Waals surface area contributed by atoms with E-state index >= 15 is 0 Å². The second-order valence-electron chi connectivity index (χ2n) is 10.4. The lowest BCUT2D eigenvalue weighted by Gasteiger charge is -2.21. The average molecular weight is 543 g/mol. The average Bonchev–Trinajstić information content (AvgIpc) is 3.03. The molecule has 6 heteroatoms. The second kappa shape index (κ2) is 13.7. The molecule has 41 heavy (non-hydrogen) atoms. The molecule has 6 nitrogen and oxygen atoms in total. The highest BCUT2D eigenvalue weighted by Gasteiger charge is 2.15. The third-order valence-electron chi connectivity index (χ3n) is 7.03. The predicted octanol–water partition coefficient (Wildman–Crippen LogP) is 8.18. The fourth-order valence-corrected chi connectivity index (χ4v) is 4.84. The van der Waals surface area contributed by atoms with Crippen molar-refractivity contribution in [2.24, 2.45) is 5.73 Å². The number of nitrogens with one attached hydrogen (secondary N) is 2. The Morgan fingerprint density at radius 1 is 0.732 bits per heavy atom. The van der Waals surface area contributed by atoms with Crippen LogP contribution in [0.1, 0.15) is 62.3 Å². The lowest BCUT2D eigenvalue weighted by atomic mass is 10.0. The summed E-state index contributed by atoms with van der Waals surface area (Å²) < 4.78 is 0. The number of nitrogens with two attached hydrogens (primary N) is 1. The van der Waals surface area contributed by atoms with Crippen LogP contribution in [0.5, 0.6) is 0 Å². The zero-order valence-corrected chi connectivity index (χ0v) is 23.8. The first-order valence-electron chi connectivity index (χ1n) is 14.4. The van der Waals surface area contributed by atoms with Gasteiger partial charge in [0.25, 0.3) is 0 Å². The van der Waals surface area contributed by atoms with Gasteiger partial charge in [0, 0.05) is 34.7 Å². The fraction of sp³-hybridized carbons (Fsp3) is 0.229. The summed E-state index contributed by atoms with van der Waals surface area (Å²) >= 11 is 0. The number of hydrogen-bond donors (Lipinski definition) is 3. The van der Waals surface area contributed by atoms with E-state index in [0.29, 0.717) is 6.54 Å². The van der Waals surface area contributed by atoms with E-state index in [1.165, 1.54) is 0 Å². The van der Waals surface area contributed by atoms with Gasteiger partial charge in [0.2, 0.25) is 0 Å². The number of hydrogen-bond acceptors (Lipinski definition) is 6. The lowest BCUT2D eigenvalue weighted by molar-refractivity contribution is 0.621. The van der Waals surface area contributed by atoms with E-state index in [4.69, 9.17) is 15.7 Å². The molecule has 0 amide bonds. The minimum Gasteiger partial charge on any atom is -0.379 e. The lowest BCUT2D eigenvalue weighted by Crippen LogP contribution is -2.13. The van der Waals surface area contributed by atoms with Crippen LogP contribution in [0.25, 0.3) is 22.5 Å². The number of nitrogens with zero attached hydrogens (tertiary/aromatic N) is 3. The van der Waals surface area contributed by atoms with Gasteiger partial charge in [-0.2, -0.15) is 0 Å². The van der Waals surface area contributed by atoms with E-state index < -0.39 is 0 Å². The van der Waals surface area contributed by atoms with Crippen molar-refractivity contribution in [2.75, 3.05) is 10.6 Å². The highest BCUT2D eigenvalue weighted by molar-refractivity contribution is 5.66. The van der Waals surface area contributed by atoms with Crippen LogP contribution in [0.2, 0.25) is 0 Å². The monoisotopic (exact) mass is 542 g/mol. The third kappa shape index (κ3) is 7.56. The van der Waals surface area contributed by atoms with Crippen molar-refractivity contribution in [3.05, 3.63) is 126 Å². The molecule has 3 heterocycles. The fourth-order valence-electron chi connectivity index (χ4n) is 4.84. The minimum atomic E-state index is -0.179. The highest BCUT2D eigenvalue weighted by Crippen LogP contribution is 2.28. The Morgan fingerprint density at radius 2 is 1.39 bits per heavy atom. The van der Waals surface area contributed by atoms with Crippen molar-refractivity contribution >= 4 is 11.4 Å². The highest BCUT2D eigenvalue weighted by atomic mass is 15.0. The molecule has 0 fully saturated rings. The maximum atomic E-state index is 6.25. The van der Waals surface area contributed by atoms with E-state index in [9.17, 15) is 0 Å². The van der Waals surface area contributed by atoms with Gasteiger partial charge in [0.15, 0.2) is 0 Å². The molecule has 2 atom stereocenters. The smallest absolute Gasteiger partial charge is 0.0726 e. The van der Waals surface area contributed by atoms with Crippen LogP contribution in [0.3, 0.4) is 0 Å². The Hall–Kier alpha value is -4.55. The van der Waals surface area contributed by atoms with Crippen LogP contribution < -0.4 is 16.4 Å². The van der Waals surface area contributed by atoms with Crippen molar-refractivity contribution in [1.29, 1.82) is 0 Å². The normalized spacial score (nSPS) is 12.5. The summed E-state index contributed by atoms with van der Waals surface area (Å²) in [5.74, 6) is 0. The van der Waals surface area contributed by atoms with Crippen LogP contribution in [0, 0.1) is 0 Å². The van der Waals surface area contributed by atoms with Gasteiger partial charge in [0.1, 0.15) is 0 Å². The first kappa shape index (κ1) is 28.0.